The van der Waals surface area contributed by atoms with Gasteiger partial charge in [-0.1, -0.05) is 20.8 Å². The largest absolute Gasteiger partial charge is 0.395 e. The molecule has 1 aliphatic rings. The molecule has 1 heterocycles. The number of likely N-dealkylation sites (tertiary alicyclic amines) is 1. The number of hydrogen-bond donors (Lipinski definition) is 3. The molecule has 110 valence electrons. The topological polar surface area (TPSA) is 64.8 Å². The van der Waals surface area contributed by atoms with Gasteiger partial charge < -0.3 is 15.7 Å². The summed E-state index contributed by atoms with van der Waals surface area (Å²) in [4.78, 5) is 2.32. The van der Waals surface area contributed by atoms with Crippen LogP contribution in [-0.2, 0) is 0 Å². The van der Waals surface area contributed by atoms with Crippen molar-refractivity contribution in [3.8, 4) is 0 Å². The van der Waals surface area contributed by atoms with Crippen LogP contribution in [-0.4, -0.2) is 66.9 Å². The maximum atomic E-state index is 8.86. The molecule has 0 radical (unpaired) electrons. The first-order valence-corrected chi connectivity index (χ1v) is 7.34. The average Bonchev–Trinajstić information content (AvgIpc) is 2.43. The van der Waals surface area contributed by atoms with E-state index in [0.717, 1.165) is 45.6 Å². The fourth-order valence-electron chi connectivity index (χ4n) is 2.16. The molecule has 0 amide bonds. The van der Waals surface area contributed by atoms with Gasteiger partial charge >= 0.3 is 0 Å². The maximum absolute atomic E-state index is 8.86. The lowest BCUT2D eigenvalue weighted by Gasteiger charge is -2.35. The molecule has 0 atom stereocenters. The van der Waals surface area contributed by atoms with Crippen LogP contribution in [0.25, 0.3) is 0 Å². The second kappa shape index (κ2) is 11.9. The van der Waals surface area contributed by atoms with E-state index in [9.17, 15) is 0 Å². The number of aliphatic hydroxyl groups is 1. The quantitative estimate of drug-likeness (QED) is 0.573. The number of piperidine rings is 1. The van der Waals surface area contributed by atoms with Gasteiger partial charge in [0.2, 0.25) is 0 Å². The van der Waals surface area contributed by atoms with Crippen molar-refractivity contribution in [3.05, 3.63) is 0 Å². The predicted molar refractivity (Wildman–Crippen MR) is 77.3 cm³/mol. The second-order valence-corrected chi connectivity index (χ2v) is 4.34. The van der Waals surface area contributed by atoms with E-state index in [0.29, 0.717) is 12.6 Å². The van der Waals surface area contributed by atoms with Crippen molar-refractivity contribution in [2.75, 3.05) is 45.9 Å². The van der Waals surface area contributed by atoms with Crippen molar-refractivity contribution < 1.29 is 5.11 Å². The van der Waals surface area contributed by atoms with Crippen molar-refractivity contribution in [3.63, 3.8) is 0 Å². The molecule has 0 bridgehead atoms. The Labute approximate surface area is 112 Å². The van der Waals surface area contributed by atoms with E-state index in [4.69, 9.17) is 10.8 Å². The number of nitrogens with one attached hydrogen (secondary N) is 1. The van der Waals surface area contributed by atoms with Crippen molar-refractivity contribution in [1.29, 1.82) is 0 Å². The van der Waals surface area contributed by atoms with Gasteiger partial charge in [0.25, 0.3) is 0 Å². The van der Waals surface area contributed by atoms with Gasteiger partial charge in [-0.05, 0) is 25.9 Å². The standard InChI is InChI=1S/C11H26N4O.C2H6/c1-2-15(8-5-12)13-11-3-6-14(7-4-11)9-10-16;1-2/h11,13,16H,2-10,12H2,1H3;1-2H3. The van der Waals surface area contributed by atoms with E-state index in [1.54, 1.807) is 0 Å². The lowest BCUT2D eigenvalue weighted by Crippen LogP contribution is -2.51. The SMILES string of the molecule is CC.CCN(CCN)NC1CCN(CCO)CC1. The number of β-amino-alcohol motifs (C(OH)–C–C–N with tert-alkyl or cyclic N) is 1. The summed E-state index contributed by atoms with van der Waals surface area (Å²) in [5.41, 5.74) is 9.09. The van der Waals surface area contributed by atoms with Crippen LogP contribution in [0.3, 0.4) is 0 Å². The summed E-state index contributed by atoms with van der Waals surface area (Å²) in [6, 6.07) is 0.571. The van der Waals surface area contributed by atoms with Crippen LogP contribution in [0.4, 0.5) is 0 Å². The van der Waals surface area contributed by atoms with Gasteiger partial charge in [0.05, 0.1) is 6.61 Å². The van der Waals surface area contributed by atoms with E-state index in [1.807, 2.05) is 13.8 Å². The molecule has 5 nitrogen and oxygen atoms in total. The Morgan fingerprint density at radius 1 is 1.33 bits per heavy atom. The number of hydrogen-bond acceptors (Lipinski definition) is 5. The van der Waals surface area contributed by atoms with E-state index in [-0.39, 0.29) is 6.61 Å². The Morgan fingerprint density at radius 2 is 1.94 bits per heavy atom. The molecule has 0 aromatic rings. The Morgan fingerprint density at radius 3 is 2.39 bits per heavy atom. The molecule has 5 heteroatoms. The van der Waals surface area contributed by atoms with Crippen molar-refractivity contribution in [2.24, 2.45) is 5.73 Å². The van der Waals surface area contributed by atoms with E-state index >= 15 is 0 Å². The summed E-state index contributed by atoms with van der Waals surface area (Å²) in [5.74, 6) is 0. The zero-order valence-corrected chi connectivity index (χ0v) is 12.4. The smallest absolute Gasteiger partial charge is 0.0558 e. The molecule has 0 unspecified atom stereocenters. The van der Waals surface area contributed by atoms with Crippen LogP contribution in [0.5, 0.6) is 0 Å². The summed E-state index contributed by atoms with van der Waals surface area (Å²) in [7, 11) is 0. The highest BCUT2D eigenvalue weighted by atomic mass is 16.3. The first-order chi connectivity index (χ1) is 8.80. The van der Waals surface area contributed by atoms with Crippen molar-refractivity contribution in [2.45, 2.75) is 39.7 Å². The number of rotatable bonds is 7. The van der Waals surface area contributed by atoms with E-state index in [2.05, 4.69) is 22.3 Å². The Bertz CT molecular complexity index is 172. The lowest BCUT2D eigenvalue weighted by atomic mass is 10.1. The van der Waals surface area contributed by atoms with Crippen LogP contribution in [0.2, 0.25) is 0 Å². The molecule has 0 aliphatic carbocycles. The normalized spacial score (nSPS) is 17.7. The predicted octanol–water partition coefficient (Wildman–Crippen LogP) is 0.255. The minimum Gasteiger partial charge on any atom is -0.395 e. The molecular weight excluding hydrogens is 228 g/mol. The Kier molecular flexibility index (Phi) is 11.7. The summed E-state index contributed by atoms with van der Waals surface area (Å²) in [6.45, 7) is 12.0. The minimum atomic E-state index is 0.270. The molecule has 0 saturated carbocycles. The molecule has 1 saturated heterocycles. The first-order valence-electron chi connectivity index (χ1n) is 7.34. The van der Waals surface area contributed by atoms with Crippen molar-refractivity contribution in [1.82, 2.24) is 15.3 Å². The molecule has 0 aromatic carbocycles. The van der Waals surface area contributed by atoms with Gasteiger partial charge in [0, 0.05) is 32.2 Å². The monoisotopic (exact) mass is 260 g/mol. The van der Waals surface area contributed by atoms with Gasteiger partial charge in [-0.15, -0.1) is 0 Å². The van der Waals surface area contributed by atoms with Gasteiger partial charge in [0.1, 0.15) is 0 Å². The summed E-state index contributed by atoms with van der Waals surface area (Å²) in [5, 5.41) is 11.1. The fourth-order valence-corrected chi connectivity index (χ4v) is 2.16. The third kappa shape index (κ3) is 7.28. The molecule has 1 fully saturated rings. The van der Waals surface area contributed by atoms with Crippen molar-refractivity contribution >= 4 is 0 Å². The molecule has 18 heavy (non-hydrogen) atoms. The number of hydrazine groups is 1. The van der Waals surface area contributed by atoms with E-state index in [1.165, 1.54) is 0 Å². The zero-order valence-electron chi connectivity index (χ0n) is 12.4. The molecule has 1 aliphatic heterocycles. The lowest BCUT2D eigenvalue weighted by molar-refractivity contribution is 0.107. The molecule has 0 aromatic heterocycles. The van der Waals surface area contributed by atoms with Crippen LogP contribution in [0, 0.1) is 0 Å². The third-order valence-corrected chi connectivity index (χ3v) is 3.15. The summed E-state index contributed by atoms with van der Waals surface area (Å²) in [6.07, 6.45) is 2.31. The Hall–Kier alpha value is -0.200. The third-order valence-electron chi connectivity index (χ3n) is 3.15. The van der Waals surface area contributed by atoms with Gasteiger partial charge in [0.15, 0.2) is 0 Å². The number of nitrogens with zero attached hydrogens (tertiary/aromatic N) is 2. The van der Waals surface area contributed by atoms with Gasteiger partial charge in [-0.2, -0.15) is 0 Å². The maximum Gasteiger partial charge on any atom is 0.0558 e. The van der Waals surface area contributed by atoms with Gasteiger partial charge in [-0.25, -0.2) is 5.01 Å². The van der Waals surface area contributed by atoms with Crippen LogP contribution in [0.1, 0.15) is 33.6 Å². The summed E-state index contributed by atoms with van der Waals surface area (Å²) < 4.78 is 0. The molecule has 1 rings (SSSR count). The van der Waals surface area contributed by atoms with E-state index < -0.39 is 0 Å². The number of aliphatic hydroxyl groups excluding tert-OH is 1. The highest BCUT2D eigenvalue weighted by molar-refractivity contribution is 4.76. The van der Waals surface area contributed by atoms with Crippen LogP contribution in [0.15, 0.2) is 0 Å². The minimum absolute atomic E-state index is 0.270. The first kappa shape index (κ1) is 17.8. The van der Waals surface area contributed by atoms with Crippen LogP contribution >= 0.6 is 0 Å². The zero-order chi connectivity index (χ0) is 13.8. The number of nitrogens with two attached hydrogens (primary N) is 1. The highest BCUT2D eigenvalue weighted by Gasteiger charge is 2.19. The highest BCUT2D eigenvalue weighted by Crippen LogP contribution is 2.10. The van der Waals surface area contributed by atoms with Crippen LogP contribution < -0.4 is 11.2 Å². The fraction of sp³-hybridized carbons (Fsp3) is 1.00. The number of likely N-dealkylation sites (N-methyl/N-ethyl adjacent to an activating group) is 1. The van der Waals surface area contributed by atoms with Gasteiger partial charge in [-0.3, -0.25) is 5.43 Å². The summed E-state index contributed by atoms with van der Waals surface area (Å²) >= 11 is 0. The molecule has 4 N–H and O–H groups in total. The molecule has 0 spiro atoms. The Balaban J connectivity index is 0.00000137. The second-order valence-electron chi connectivity index (χ2n) is 4.34. The molecular formula is C13H32N4O. The average molecular weight is 260 g/mol.